The maximum atomic E-state index is 6.06. The van der Waals surface area contributed by atoms with Crippen LogP contribution in [0.15, 0.2) is 17.3 Å². The zero-order chi connectivity index (χ0) is 17.5. The van der Waals surface area contributed by atoms with Gasteiger partial charge in [0.2, 0.25) is 0 Å². The molecule has 1 unspecified atom stereocenters. The lowest BCUT2D eigenvalue weighted by atomic mass is 10.1. The maximum Gasteiger partial charge on any atom is 0.193 e. The van der Waals surface area contributed by atoms with E-state index < -0.39 is 0 Å². The molecule has 0 spiro atoms. The first-order valence-electron chi connectivity index (χ1n) is 8.52. The second-order valence-electron chi connectivity index (χ2n) is 6.56. The summed E-state index contributed by atoms with van der Waals surface area (Å²) in [7, 11) is 5.88. The zero-order valence-corrected chi connectivity index (χ0v) is 16.0. The molecule has 1 aliphatic heterocycles. The zero-order valence-electron chi connectivity index (χ0n) is 15.3. The Labute approximate surface area is 150 Å². The number of hydrogen-bond acceptors (Lipinski definition) is 3. The quantitative estimate of drug-likeness (QED) is 0.622. The molecule has 0 aromatic carbocycles. The number of ether oxygens (including phenoxy) is 1. The molecule has 6 nitrogen and oxygen atoms in total. The molecule has 0 amide bonds. The molecular formula is C17H30ClN5O. The number of hydrogen-bond donors (Lipinski definition) is 1. The number of aryl methyl sites for hydroxylation is 1. The standard InChI is InChI=1S/C17H30ClN5O/c1-14(11-23-5-7-24-8-6-23)10-20-17(19-2)22(4)13-16-9-15(18)12-21(16)3/h9,12,14H,5-8,10-11,13H2,1-4H3,(H,19,20). The van der Waals surface area contributed by atoms with Crippen LogP contribution in [0.25, 0.3) is 0 Å². The van der Waals surface area contributed by atoms with Crippen molar-refractivity contribution in [2.24, 2.45) is 18.0 Å². The van der Waals surface area contributed by atoms with Gasteiger partial charge in [-0.25, -0.2) is 0 Å². The number of halogens is 1. The molecule has 0 saturated carbocycles. The van der Waals surface area contributed by atoms with Crippen LogP contribution in [-0.2, 0) is 18.3 Å². The van der Waals surface area contributed by atoms with Crippen molar-refractivity contribution in [3.8, 4) is 0 Å². The normalized spacial score (nSPS) is 17.8. The predicted molar refractivity (Wildman–Crippen MR) is 99.7 cm³/mol. The van der Waals surface area contributed by atoms with Crippen LogP contribution >= 0.6 is 11.6 Å². The average molecular weight is 356 g/mol. The summed E-state index contributed by atoms with van der Waals surface area (Å²) < 4.78 is 7.45. The molecule has 1 N–H and O–H groups in total. The van der Waals surface area contributed by atoms with Crippen LogP contribution in [0.4, 0.5) is 0 Å². The van der Waals surface area contributed by atoms with Gasteiger partial charge in [0, 0.05) is 59.2 Å². The maximum absolute atomic E-state index is 6.06. The van der Waals surface area contributed by atoms with Crippen molar-refractivity contribution in [1.82, 2.24) is 19.7 Å². The molecule has 2 rings (SSSR count). The summed E-state index contributed by atoms with van der Waals surface area (Å²) in [5, 5.41) is 4.25. The van der Waals surface area contributed by atoms with Crippen molar-refractivity contribution < 1.29 is 4.74 Å². The van der Waals surface area contributed by atoms with Crippen LogP contribution in [0.2, 0.25) is 5.02 Å². The van der Waals surface area contributed by atoms with Crippen LogP contribution < -0.4 is 5.32 Å². The van der Waals surface area contributed by atoms with Gasteiger partial charge >= 0.3 is 0 Å². The fraction of sp³-hybridized carbons (Fsp3) is 0.706. The lowest BCUT2D eigenvalue weighted by Gasteiger charge is -2.30. The number of rotatable bonds is 6. The Balaban J connectivity index is 1.79. The Morgan fingerprint density at radius 2 is 2.17 bits per heavy atom. The molecule has 0 radical (unpaired) electrons. The highest BCUT2D eigenvalue weighted by molar-refractivity contribution is 6.30. The number of nitrogens with zero attached hydrogens (tertiary/aromatic N) is 4. The minimum atomic E-state index is 0.553. The molecule has 2 heterocycles. The van der Waals surface area contributed by atoms with Crippen molar-refractivity contribution in [2.75, 3.05) is 53.5 Å². The number of guanidine groups is 1. The topological polar surface area (TPSA) is 45.0 Å². The van der Waals surface area contributed by atoms with Gasteiger partial charge in [-0.1, -0.05) is 18.5 Å². The lowest BCUT2D eigenvalue weighted by Crippen LogP contribution is -2.44. The first-order chi connectivity index (χ1) is 11.5. The van der Waals surface area contributed by atoms with E-state index in [1.807, 2.05) is 38.0 Å². The third kappa shape index (κ3) is 5.69. The Kier molecular flexibility index (Phi) is 7.40. The van der Waals surface area contributed by atoms with E-state index in [2.05, 4.69) is 27.0 Å². The van der Waals surface area contributed by atoms with Gasteiger partial charge in [0.15, 0.2) is 5.96 Å². The van der Waals surface area contributed by atoms with E-state index in [4.69, 9.17) is 16.3 Å². The number of morpholine rings is 1. The number of nitrogens with one attached hydrogen (secondary N) is 1. The molecule has 24 heavy (non-hydrogen) atoms. The van der Waals surface area contributed by atoms with Gasteiger partial charge in [-0.05, 0) is 12.0 Å². The number of aliphatic imine (C=N–C) groups is 1. The van der Waals surface area contributed by atoms with Gasteiger partial charge in [-0.2, -0.15) is 0 Å². The van der Waals surface area contributed by atoms with Crippen LogP contribution in [0.1, 0.15) is 12.6 Å². The van der Waals surface area contributed by atoms with Crippen molar-refractivity contribution in [3.63, 3.8) is 0 Å². The first kappa shape index (κ1) is 19.1. The van der Waals surface area contributed by atoms with E-state index in [0.717, 1.165) is 62.6 Å². The molecule has 136 valence electrons. The second-order valence-corrected chi connectivity index (χ2v) is 7.00. The van der Waals surface area contributed by atoms with Gasteiger partial charge in [0.1, 0.15) is 0 Å². The number of aromatic nitrogens is 1. The van der Waals surface area contributed by atoms with Gasteiger partial charge in [-0.3, -0.25) is 9.89 Å². The fourth-order valence-corrected chi connectivity index (χ4v) is 3.25. The monoisotopic (exact) mass is 355 g/mol. The van der Waals surface area contributed by atoms with Crippen molar-refractivity contribution in [3.05, 3.63) is 23.0 Å². The van der Waals surface area contributed by atoms with E-state index in [9.17, 15) is 0 Å². The predicted octanol–water partition coefficient (Wildman–Crippen LogP) is 1.65. The minimum absolute atomic E-state index is 0.553. The Hall–Kier alpha value is -1.24. The van der Waals surface area contributed by atoms with E-state index >= 15 is 0 Å². The van der Waals surface area contributed by atoms with E-state index in [-0.39, 0.29) is 0 Å². The van der Waals surface area contributed by atoms with Gasteiger partial charge in [0.05, 0.1) is 24.8 Å². The van der Waals surface area contributed by atoms with Crippen LogP contribution in [0, 0.1) is 5.92 Å². The highest BCUT2D eigenvalue weighted by Gasteiger charge is 2.15. The molecular weight excluding hydrogens is 326 g/mol. The van der Waals surface area contributed by atoms with Crippen molar-refractivity contribution in [1.29, 1.82) is 0 Å². The fourth-order valence-electron chi connectivity index (χ4n) is 2.98. The summed E-state index contributed by atoms with van der Waals surface area (Å²) in [5.74, 6) is 1.46. The molecule has 1 saturated heterocycles. The summed E-state index contributed by atoms with van der Waals surface area (Å²) in [6.07, 6.45) is 1.92. The molecule has 1 aliphatic rings. The third-order valence-electron chi connectivity index (χ3n) is 4.33. The SMILES string of the molecule is CN=C(NCC(C)CN1CCOCC1)N(C)Cc1cc(Cl)cn1C. The molecule has 0 aliphatic carbocycles. The van der Waals surface area contributed by atoms with Crippen molar-refractivity contribution in [2.45, 2.75) is 13.5 Å². The molecule has 7 heteroatoms. The van der Waals surface area contributed by atoms with E-state index in [1.165, 1.54) is 0 Å². The molecule has 1 fully saturated rings. The lowest BCUT2D eigenvalue weighted by molar-refractivity contribution is 0.0320. The first-order valence-corrected chi connectivity index (χ1v) is 8.90. The summed E-state index contributed by atoms with van der Waals surface area (Å²) >= 11 is 6.06. The summed E-state index contributed by atoms with van der Waals surface area (Å²) in [5.41, 5.74) is 1.16. The van der Waals surface area contributed by atoms with Crippen molar-refractivity contribution >= 4 is 17.6 Å². The van der Waals surface area contributed by atoms with E-state index in [0.29, 0.717) is 5.92 Å². The highest BCUT2D eigenvalue weighted by atomic mass is 35.5. The average Bonchev–Trinajstić information content (AvgIpc) is 2.86. The summed E-state index contributed by atoms with van der Waals surface area (Å²) in [6, 6.07) is 1.99. The second kappa shape index (κ2) is 9.30. The van der Waals surface area contributed by atoms with Gasteiger partial charge in [-0.15, -0.1) is 0 Å². The van der Waals surface area contributed by atoms with Crippen LogP contribution in [0.5, 0.6) is 0 Å². The summed E-state index contributed by atoms with van der Waals surface area (Å²) in [6.45, 7) is 8.80. The third-order valence-corrected chi connectivity index (χ3v) is 4.54. The van der Waals surface area contributed by atoms with E-state index in [1.54, 1.807) is 0 Å². The highest BCUT2D eigenvalue weighted by Crippen LogP contribution is 2.14. The Bertz CT molecular complexity index is 539. The van der Waals surface area contributed by atoms with Gasteiger partial charge < -0.3 is 19.5 Å². The van der Waals surface area contributed by atoms with Crippen LogP contribution in [0.3, 0.4) is 0 Å². The minimum Gasteiger partial charge on any atom is -0.379 e. The summed E-state index contributed by atoms with van der Waals surface area (Å²) in [4.78, 5) is 8.98. The smallest absolute Gasteiger partial charge is 0.193 e. The molecule has 1 aromatic rings. The molecule has 0 bridgehead atoms. The Morgan fingerprint density at radius 3 is 2.75 bits per heavy atom. The Morgan fingerprint density at radius 1 is 1.46 bits per heavy atom. The van der Waals surface area contributed by atoms with Gasteiger partial charge in [0.25, 0.3) is 0 Å². The molecule has 1 aromatic heterocycles. The van der Waals surface area contributed by atoms with Crippen LogP contribution in [-0.4, -0.2) is 73.8 Å². The molecule has 1 atom stereocenters. The largest absolute Gasteiger partial charge is 0.379 e.